The topological polar surface area (TPSA) is 52.7 Å². The molecule has 0 radical (unpaired) electrons. The van der Waals surface area contributed by atoms with Crippen molar-refractivity contribution in [3.8, 4) is 0 Å². The molecule has 5 nitrogen and oxygen atoms in total. The van der Waals surface area contributed by atoms with E-state index in [4.69, 9.17) is 0 Å². The Kier molecular flexibility index (Phi) is 9.76. The van der Waals surface area contributed by atoms with E-state index in [1.165, 1.54) is 11.1 Å². The van der Waals surface area contributed by atoms with E-state index in [2.05, 4.69) is 54.4 Å². The first kappa shape index (κ1) is 28.9. The zero-order chi connectivity index (χ0) is 28.6. The Morgan fingerprint density at radius 1 is 0.829 bits per heavy atom. The van der Waals surface area contributed by atoms with Crippen molar-refractivity contribution in [3.05, 3.63) is 95.1 Å². The zero-order valence-electron chi connectivity index (χ0n) is 24.8. The van der Waals surface area contributed by atoms with Gasteiger partial charge in [0.15, 0.2) is 0 Å². The molecule has 3 aromatic rings. The molecule has 2 fully saturated rings. The molecule has 0 aromatic heterocycles. The maximum atomic E-state index is 13.9. The molecule has 3 aromatic carbocycles. The monoisotopic (exact) mass is 551 g/mol. The van der Waals surface area contributed by atoms with Crippen LogP contribution in [0.25, 0.3) is 0 Å². The largest absolute Gasteiger partial charge is 0.371 e. The van der Waals surface area contributed by atoms with Gasteiger partial charge in [0.2, 0.25) is 0 Å². The van der Waals surface area contributed by atoms with E-state index < -0.39 is 0 Å². The lowest BCUT2D eigenvalue weighted by Crippen LogP contribution is -2.40. The molecule has 216 valence electrons. The van der Waals surface area contributed by atoms with E-state index in [1.54, 1.807) is 0 Å². The first-order chi connectivity index (χ1) is 20.0. The van der Waals surface area contributed by atoms with Crippen LogP contribution < -0.4 is 10.2 Å². The summed E-state index contributed by atoms with van der Waals surface area (Å²) >= 11 is 0. The zero-order valence-corrected chi connectivity index (χ0v) is 24.8. The maximum Gasteiger partial charge on any atom is 0.256 e. The standard InChI is InChI=1S/C36H45N3O2/c1-3-4-8-28-11-13-31(14-12-28)35(40)37-32-15-16-34(33(26-32)36(41)39-21-17-27(2)18-22-39)38-23-19-30(20-24-38)25-29-9-6-5-7-10-29/h5-7,9-16,26-27,30H,3-4,8,17-25H2,1-2H3,(H,37,40). The number of anilines is 2. The van der Waals surface area contributed by atoms with Gasteiger partial charge in [-0.3, -0.25) is 9.59 Å². The number of rotatable bonds is 9. The molecule has 0 aliphatic carbocycles. The summed E-state index contributed by atoms with van der Waals surface area (Å²) in [5, 5.41) is 3.06. The number of nitrogens with one attached hydrogen (secondary N) is 1. The van der Waals surface area contributed by atoms with Crippen LogP contribution in [0.5, 0.6) is 0 Å². The fourth-order valence-electron chi connectivity index (χ4n) is 6.18. The third kappa shape index (κ3) is 7.58. The number of unbranched alkanes of at least 4 members (excludes halogenated alkanes) is 1. The molecular weight excluding hydrogens is 506 g/mol. The number of likely N-dealkylation sites (tertiary alicyclic amines) is 1. The lowest BCUT2D eigenvalue weighted by molar-refractivity contribution is 0.0697. The van der Waals surface area contributed by atoms with Crippen molar-refractivity contribution in [1.29, 1.82) is 0 Å². The molecule has 0 bridgehead atoms. The van der Waals surface area contributed by atoms with Gasteiger partial charge in [-0.05, 0) is 98.2 Å². The van der Waals surface area contributed by atoms with Gasteiger partial charge in [0.25, 0.3) is 11.8 Å². The molecule has 0 spiro atoms. The third-order valence-electron chi connectivity index (χ3n) is 8.91. The Labute approximate surface area is 245 Å². The number of carbonyl (C=O) groups is 2. The van der Waals surface area contributed by atoms with Crippen LogP contribution in [0.3, 0.4) is 0 Å². The average molecular weight is 552 g/mol. The van der Waals surface area contributed by atoms with Crippen molar-refractivity contribution in [2.24, 2.45) is 11.8 Å². The minimum atomic E-state index is -0.147. The van der Waals surface area contributed by atoms with E-state index in [0.717, 1.165) is 83.2 Å². The highest BCUT2D eigenvalue weighted by molar-refractivity contribution is 6.06. The number of carbonyl (C=O) groups excluding carboxylic acids is 2. The highest BCUT2D eigenvalue weighted by Crippen LogP contribution is 2.32. The fourth-order valence-corrected chi connectivity index (χ4v) is 6.18. The number of benzene rings is 3. The second kappa shape index (κ2) is 13.8. The van der Waals surface area contributed by atoms with Crippen molar-refractivity contribution in [2.75, 3.05) is 36.4 Å². The van der Waals surface area contributed by atoms with Crippen molar-refractivity contribution in [1.82, 2.24) is 4.90 Å². The minimum Gasteiger partial charge on any atom is -0.371 e. The molecule has 2 aliphatic rings. The molecule has 2 heterocycles. The lowest BCUT2D eigenvalue weighted by Gasteiger charge is -2.36. The van der Waals surface area contributed by atoms with E-state index in [1.807, 2.05) is 47.4 Å². The van der Waals surface area contributed by atoms with Gasteiger partial charge in [0.1, 0.15) is 0 Å². The Bertz CT molecular complexity index is 1290. The van der Waals surface area contributed by atoms with Crippen molar-refractivity contribution in [3.63, 3.8) is 0 Å². The molecule has 2 amide bonds. The minimum absolute atomic E-state index is 0.0784. The van der Waals surface area contributed by atoms with Crippen LogP contribution >= 0.6 is 0 Å². The molecule has 2 aliphatic heterocycles. The van der Waals surface area contributed by atoms with E-state index in [0.29, 0.717) is 28.7 Å². The summed E-state index contributed by atoms with van der Waals surface area (Å²) in [4.78, 5) is 31.4. The van der Waals surface area contributed by atoms with Gasteiger partial charge in [0, 0.05) is 43.1 Å². The Morgan fingerprint density at radius 2 is 1.54 bits per heavy atom. The fraction of sp³-hybridized carbons (Fsp3) is 0.444. The SMILES string of the molecule is CCCCc1ccc(C(=O)Nc2ccc(N3CCC(Cc4ccccc4)CC3)c(C(=O)N3CCC(C)CC3)c2)cc1. The number of hydrogen-bond acceptors (Lipinski definition) is 3. The Hall–Kier alpha value is -3.60. The van der Waals surface area contributed by atoms with Gasteiger partial charge in [-0.2, -0.15) is 0 Å². The van der Waals surface area contributed by atoms with Crippen LogP contribution in [0.1, 0.15) is 84.2 Å². The number of piperidine rings is 2. The summed E-state index contributed by atoms with van der Waals surface area (Å²) in [6.07, 6.45) is 8.73. The van der Waals surface area contributed by atoms with Crippen molar-refractivity contribution in [2.45, 2.75) is 65.2 Å². The quantitative estimate of drug-likeness (QED) is 0.298. The van der Waals surface area contributed by atoms with Gasteiger partial charge < -0.3 is 15.1 Å². The molecule has 5 rings (SSSR count). The van der Waals surface area contributed by atoms with Crippen LogP contribution in [0.4, 0.5) is 11.4 Å². The van der Waals surface area contributed by atoms with Gasteiger partial charge in [-0.15, -0.1) is 0 Å². The molecule has 0 unspecified atom stereocenters. The number of hydrogen-bond donors (Lipinski definition) is 1. The maximum absolute atomic E-state index is 13.9. The molecule has 1 N–H and O–H groups in total. The van der Waals surface area contributed by atoms with Crippen LogP contribution in [0.2, 0.25) is 0 Å². The first-order valence-electron chi connectivity index (χ1n) is 15.6. The number of nitrogens with zero attached hydrogens (tertiary/aromatic N) is 2. The highest BCUT2D eigenvalue weighted by atomic mass is 16.2. The summed E-state index contributed by atoms with van der Waals surface area (Å²) in [5.74, 6) is 1.24. The van der Waals surface area contributed by atoms with E-state index in [-0.39, 0.29) is 11.8 Å². The summed E-state index contributed by atoms with van der Waals surface area (Å²) < 4.78 is 0. The molecule has 5 heteroatoms. The molecule has 0 saturated carbocycles. The molecular formula is C36H45N3O2. The van der Waals surface area contributed by atoms with Crippen LogP contribution in [0, 0.1) is 11.8 Å². The highest BCUT2D eigenvalue weighted by Gasteiger charge is 2.28. The Morgan fingerprint density at radius 3 is 2.22 bits per heavy atom. The van der Waals surface area contributed by atoms with Crippen molar-refractivity contribution < 1.29 is 9.59 Å². The Balaban J connectivity index is 1.31. The van der Waals surface area contributed by atoms with E-state index >= 15 is 0 Å². The summed E-state index contributed by atoms with van der Waals surface area (Å²) in [7, 11) is 0. The molecule has 0 atom stereocenters. The van der Waals surface area contributed by atoms with Gasteiger partial charge in [-0.25, -0.2) is 0 Å². The van der Waals surface area contributed by atoms with Gasteiger partial charge in [0.05, 0.1) is 5.56 Å². The summed E-state index contributed by atoms with van der Waals surface area (Å²) in [6.45, 7) is 7.90. The summed E-state index contributed by atoms with van der Waals surface area (Å²) in [6, 6.07) is 24.5. The second-order valence-electron chi connectivity index (χ2n) is 12.1. The lowest BCUT2D eigenvalue weighted by atomic mass is 9.89. The van der Waals surface area contributed by atoms with E-state index in [9.17, 15) is 9.59 Å². The number of aryl methyl sites for hydroxylation is 1. The van der Waals surface area contributed by atoms with Crippen LogP contribution in [-0.2, 0) is 12.8 Å². The van der Waals surface area contributed by atoms with Gasteiger partial charge >= 0.3 is 0 Å². The van der Waals surface area contributed by atoms with Crippen molar-refractivity contribution >= 4 is 23.2 Å². The average Bonchev–Trinajstić information content (AvgIpc) is 3.01. The molecule has 2 saturated heterocycles. The van der Waals surface area contributed by atoms with Crippen LogP contribution in [0.15, 0.2) is 72.8 Å². The second-order valence-corrected chi connectivity index (χ2v) is 12.1. The predicted octanol–water partition coefficient (Wildman–Crippen LogP) is 7.61. The predicted molar refractivity (Wildman–Crippen MR) is 169 cm³/mol. The first-order valence-corrected chi connectivity index (χ1v) is 15.6. The summed E-state index contributed by atoms with van der Waals surface area (Å²) in [5.41, 5.74) is 5.65. The van der Waals surface area contributed by atoms with Gasteiger partial charge in [-0.1, -0.05) is 62.7 Å². The molecule has 41 heavy (non-hydrogen) atoms. The normalized spacial score (nSPS) is 16.5. The van der Waals surface area contributed by atoms with Crippen LogP contribution in [-0.4, -0.2) is 42.9 Å². The smallest absolute Gasteiger partial charge is 0.256 e. The third-order valence-corrected chi connectivity index (χ3v) is 8.91. The number of amides is 2.